The molecule has 2 fully saturated rings. The maximum atomic E-state index is 9.48. The smallest absolute Gasteiger partial charge is 0.138 e. The molecule has 2 unspecified atom stereocenters. The summed E-state index contributed by atoms with van der Waals surface area (Å²) in [6.07, 6.45) is 6.90. The minimum Gasteiger partial charge on any atom is -0.396 e. The van der Waals surface area contributed by atoms with Crippen LogP contribution in [-0.2, 0) is 0 Å². The molecule has 1 aromatic carbocycles. The van der Waals surface area contributed by atoms with Crippen molar-refractivity contribution >= 4 is 33.2 Å². The molecule has 146 valence electrons. The van der Waals surface area contributed by atoms with Crippen LogP contribution in [0.1, 0.15) is 38.5 Å². The molecule has 6 heteroatoms. The molecule has 0 saturated heterocycles. The lowest BCUT2D eigenvalue weighted by molar-refractivity contribution is 0.229. The van der Waals surface area contributed by atoms with E-state index in [2.05, 4.69) is 41.0 Å². The highest BCUT2D eigenvalue weighted by Gasteiger charge is 2.26. The molecule has 5 rings (SSSR count). The van der Waals surface area contributed by atoms with Gasteiger partial charge in [-0.3, -0.25) is 0 Å². The van der Waals surface area contributed by atoms with E-state index in [4.69, 9.17) is 9.97 Å². The minimum atomic E-state index is 0.277. The van der Waals surface area contributed by atoms with Gasteiger partial charge in [0.2, 0.25) is 0 Å². The Kier molecular flexibility index (Phi) is 4.91. The molecule has 0 bridgehead atoms. The third-order valence-corrected chi connectivity index (χ3v) is 7.09. The first-order valence-electron chi connectivity index (χ1n) is 10.3. The number of benzene rings is 1. The summed E-state index contributed by atoms with van der Waals surface area (Å²) in [5, 5.41) is 17.7. The van der Waals surface area contributed by atoms with Gasteiger partial charge in [-0.2, -0.15) is 0 Å². The normalized spacial score (nSPS) is 22.3. The van der Waals surface area contributed by atoms with Gasteiger partial charge in [0.15, 0.2) is 0 Å². The Balaban J connectivity index is 1.47. The number of fused-ring (bicyclic) bond motifs is 1. The van der Waals surface area contributed by atoms with Crippen molar-refractivity contribution in [1.82, 2.24) is 9.97 Å². The van der Waals surface area contributed by atoms with Crippen molar-refractivity contribution in [1.29, 1.82) is 0 Å². The number of pyridine rings is 1. The first-order chi connectivity index (χ1) is 13.8. The van der Waals surface area contributed by atoms with Crippen molar-refractivity contribution in [2.24, 2.45) is 5.92 Å². The van der Waals surface area contributed by atoms with Crippen LogP contribution in [0, 0.1) is 5.92 Å². The summed E-state index contributed by atoms with van der Waals surface area (Å²) < 4.78 is 1.20. The van der Waals surface area contributed by atoms with Crippen LogP contribution in [0.25, 0.3) is 20.8 Å². The first kappa shape index (κ1) is 17.9. The number of rotatable bonds is 6. The average molecular weight is 395 g/mol. The van der Waals surface area contributed by atoms with E-state index in [-0.39, 0.29) is 6.61 Å². The maximum Gasteiger partial charge on any atom is 0.138 e. The summed E-state index contributed by atoms with van der Waals surface area (Å²) in [7, 11) is 0. The molecule has 0 radical (unpaired) electrons. The zero-order valence-corrected chi connectivity index (χ0v) is 16.7. The number of hydrogen-bond donors (Lipinski definition) is 3. The molecule has 2 saturated carbocycles. The van der Waals surface area contributed by atoms with Crippen molar-refractivity contribution in [2.75, 3.05) is 17.2 Å². The number of hydrogen-bond acceptors (Lipinski definition) is 6. The monoisotopic (exact) mass is 394 g/mol. The molecule has 3 aromatic rings. The van der Waals surface area contributed by atoms with Crippen molar-refractivity contribution in [3.63, 3.8) is 0 Å². The number of para-hydroxylation sites is 1. The van der Waals surface area contributed by atoms with Crippen LogP contribution >= 0.6 is 11.3 Å². The largest absolute Gasteiger partial charge is 0.396 e. The number of anilines is 2. The van der Waals surface area contributed by atoms with Crippen LogP contribution in [0.3, 0.4) is 0 Å². The molecular formula is C22H26N4OS. The lowest BCUT2D eigenvalue weighted by atomic mass is 9.93. The van der Waals surface area contributed by atoms with E-state index in [9.17, 15) is 5.11 Å². The van der Waals surface area contributed by atoms with E-state index in [1.54, 1.807) is 11.3 Å². The molecule has 2 atom stereocenters. The predicted octanol–water partition coefficient (Wildman–Crippen LogP) is 4.90. The second kappa shape index (κ2) is 7.68. The van der Waals surface area contributed by atoms with Crippen molar-refractivity contribution in [3.8, 4) is 10.6 Å². The Morgan fingerprint density at radius 2 is 1.86 bits per heavy atom. The standard InChI is InChI=1S/C22H26N4OS/c27-13-14-8-9-16(12-14)24-21-17(10-11-20(26-21)23-15-4-3-5-15)22-25-18-6-1-2-7-19(18)28-22/h1-2,6-7,10-11,14-16,27H,3-5,8-9,12-13H2,(H2,23,24,26). The van der Waals surface area contributed by atoms with Crippen LogP contribution in [0.4, 0.5) is 11.6 Å². The highest BCUT2D eigenvalue weighted by Crippen LogP contribution is 2.37. The van der Waals surface area contributed by atoms with Gasteiger partial charge in [-0.15, -0.1) is 11.3 Å². The van der Waals surface area contributed by atoms with E-state index < -0.39 is 0 Å². The summed E-state index contributed by atoms with van der Waals surface area (Å²) in [4.78, 5) is 9.78. The summed E-state index contributed by atoms with van der Waals surface area (Å²) in [6.45, 7) is 0.277. The van der Waals surface area contributed by atoms with Gasteiger partial charge < -0.3 is 15.7 Å². The molecule has 28 heavy (non-hydrogen) atoms. The Bertz CT molecular complexity index is 935. The number of thiazole rings is 1. The van der Waals surface area contributed by atoms with Crippen LogP contribution in [0.2, 0.25) is 0 Å². The third-order valence-electron chi connectivity index (χ3n) is 6.02. The molecule has 5 nitrogen and oxygen atoms in total. The van der Waals surface area contributed by atoms with Gasteiger partial charge >= 0.3 is 0 Å². The number of aromatic nitrogens is 2. The number of aliphatic hydroxyl groups excluding tert-OH is 1. The van der Waals surface area contributed by atoms with Crippen LogP contribution in [0.5, 0.6) is 0 Å². The summed E-state index contributed by atoms with van der Waals surface area (Å²) in [5.74, 6) is 2.25. The van der Waals surface area contributed by atoms with Gasteiger partial charge in [0.1, 0.15) is 16.6 Å². The van der Waals surface area contributed by atoms with Crippen molar-refractivity contribution in [2.45, 2.75) is 50.6 Å². The van der Waals surface area contributed by atoms with E-state index in [1.165, 1.54) is 24.0 Å². The zero-order valence-electron chi connectivity index (χ0n) is 15.9. The van der Waals surface area contributed by atoms with Crippen molar-refractivity contribution in [3.05, 3.63) is 36.4 Å². The fraction of sp³-hybridized carbons (Fsp3) is 0.455. The van der Waals surface area contributed by atoms with Crippen molar-refractivity contribution < 1.29 is 5.11 Å². The SMILES string of the molecule is OCC1CCC(Nc2nc(NC3CCC3)ccc2-c2nc3ccccc3s2)C1. The topological polar surface area (TPSA) is 70.1 Å². The van der Waals surface area contributed by atoms with Gasteiger partial charge in [0.05, 0.1) is 15.8 Å². The maximum absolute atomic E-state index is 9.48. The molecule has 2 aliphatic carbocycles. The first-order valence-corrected chi connectivity index (χ1v) is 11.1. The number of nitrogens with one attached hydrogen (secondary N) is 2. The Morgan fingerprint density at radius 1 is 0.964 bits per heavy atom. The number of aliphatic hydroxyl groups is 1. The van der Waals surface area contributed by atoms with E-state index in [0.29, 0.717) is 18.0 Å². The molecular weight excluding hydrogens is 368 g/mol. The summed E-state index contributed by atoms with van der Waals surface area (Å²) in [6, 6.07) is 13.4. The lowest BCUT2D eigenvalue weighted by Crippen LogP contribution is -2.27. The molecule has 2 aliphatic rings. The highest BCUT2D eigenvalue weighted by atomic mass is 32.1. The van der Waals surface area contributed by atoms with E-state index >= 15 is 0 Å². The lowest BCUT2D eigenvalue weighted by Gasteiger charge is -2.27. The molecule has 0 amide bonds. The van der Waals surface area contributed by atoms with E-state index in [1.807, 2.05) is 6.07 Å². The summed E-state index contributed by atoms with van der Waals surface area (Å²) >= 11 is 1.71. The predicted molar refractivity (Wildman–Crippen MR) is 116 cm³/mol. The van der Waals surface area contributed by atoms with Crippen LogP contribution in [-0.4, -0.2) is 33.8 Å². The molecule has 3 N–H and O–H groups in total. The van der Waals surface area contributed by atoms with Gasteiger partial charge in [-0.05, 0) is 68.7 Å². The minimum absolute atomic E-state index is 0.277. The van der Waals surface area contributed by atoms with Crippen LogP contribution < -0.4 is 10.6 Å². The molecule has 2 heterocycles. The Morgan fingerprint density at radius 3 is 2.61 bits per heavy atom. The third kappa shape index (κ3) is 3.59. The average Bonchev–Trinajstić information content (AvgIpc) is 3.31. The van der Waals surface area contributed by atoms with Gasteiger partial charge in [-0.25, -0.2) is 9.97 Å². The van der Waals surface area contributed by atoms with Gasteiger partial charge in [-0.1, -0.05) is 12.1 Å². The second-order valence-electron chi connectivity index (χ2n) is 8.05. The fourth-order valence-corrected chi connectivity index (χ4v) is 5.13. The fourth-order valence-electron chi connectivity index (χ4n) is 4.14. The molecule has 0 spiro atoms. The quantitative estimate of drug-likeness (QED) is 0.555. The molecule has 2 aromatic heterocycles. The van der Waals surface area contributed by atoms with Gasteiger partial charge in [0, 0.05) is 18.7 Å². The van der Waals surface area contributed by atoms with Crippen LogP contribution in [0.15, 0.2) is 36.4 Å². The number of nitrogens with zero attached hydrogens (tertiary/aromatic N) is 2. The Hall–Kier alpha value is -2.18. The summed E-state index contributed by atoms with van der Waals surface area (Å²) in [5.41, 5.74) is 2.10. The second-order valence-corrected chi connectivity index (χ2v) is 9.09. The van der Waals surface area contributed by atoms with Gasteiger partial charge in [0.25, 0.3) is 0 Å². The zero-order chi connectivity index (χ0) is 18.9. The Labute approximate surface area is 169 Å². The van der Waals surface area contributed by atoms with E-state index in [0.717, 1.165) is 47.0 Å². The highest BCUT2D eigenvalue weighted by molar-refractivity contribution is 7.21. The molecule has 0 aliphatic heterocycles.